The molecule has 0 saturated heterocycles. The molecule has 6 aromatic carbocycles. The van der Waals surface area contributed by atoms with Crippen LogP contribution in [0.1, 0.15) is 74.9 Å². The van der Waals surface area contributed by atoms with Gasteiger partial charge in [0.2, 0.25) is 0 Å². The third-order valence-corrected chi connectivity index (χ3v) is 16.0. The number of aryl methyl sites for hydroxylation is 1. The van der Waals surface area contributed by atoms with Gasteiger partial charge in [0.25, 0.3) is 0 Å². The lowest BCUT2D eigenvalue weighted by atomic mass is 9.79. The first-order chi connectivity index (χ1) is 27.0. The third kappa shape index (κ3) is 4.97. The average molecular weight is 725 g/mol. The topological polar surface area (TPSA) is 0 Å². The van der Waals surface area contributed by atoms with E-state index in [-0.39, 0.29) is 5.41 Å². The van der Waals surface area contributed by atoms with E-state index in [1.807, 2.05) is 0 Å². The second kappa shape index (κ2) is 12.6. The largest absolute Gasteiger partial charge is 0.0842 e. The Labute approximate surface area is 326 Å². The Morgan fingerprint density at radius 1 is 0.582 bits per heavy atom. The van der Waals surface area contributed by atoms with E-state index in [2.05, 4.69) is 166 Å². The predicted molar refractivity (Wildman–Crippen MR) is 241 cm³/mol. The molecule has 1 heterocycles. The van der Waals surface area contributed by atoms with E-state index < -0.39 is 7.53 Å². The molecule has 1 unspecified atom stereocenters. The van der Waals surface area contributed by atoms with Gasteiger partial charge in [-0.2, -0.15) is 0 Å². The molecule has 4 aliphatic carbocycles. The molecule has 0 radical (unpaired) electrons. The number of hydrogen-bond donors (Lipinski definition) is 0. The number of fused-ring (bicyclic) bond motifs is 7. The van der Waals surface area contributed by atoms with Gasteiger partial charge >= 0.3 is 0 Å². The van der Waals surface area contributed by atoms with Crippen LogP contribution in [0.4, 0.5) is 0 Å². The lowest BCUT2D eigenvalue weighted by molar-refractivity contribution is 0.651. The third-order valence-electron chi connectivity index (χ3n) is 13.1. The summed E-state index contributed by atoms with van der Waals surface area (Å²) >= 11 is 0. The molecule has 0 bridgehead atoms. The Bertz CT molecular complexity index is 2930. The minimum absolute atomic E-state index is 0.0225. The fourth-order valence-electron chi connectivity index (χ4n) is 10.6. The van der Waals surface area contributed by atoms with Gasteiger partial charge in [0.05, 0.1) is 0 Å². The number of benzene rings is 6. The van der Waals surface area contributed by atoms with Crippen LogP contribution in [0.5, 0.6) is 0 Å². The van der Waals surface area contributed by atoms with Gasteiger partial charge in [0, 0.05) is 15.8 Å². The molecule has 0 N–H and O–H groups in total. The maximum absolute atomic E-state index is 2.58. The molecule has 55 heavy (non-hydrogen) atoms. The van der Waals surface area contributed by atoms with Gasteiger partial charge in [0.1, 0.15) is 0 Å². The van der Waals surface area contributed by atoms with Crippen molar-refractivity contribution in [3.8, 4) is 33.4 Å². The Hall–Kier alpha value is -5.42. The smallest absolute Gasteiger partial charge is 0.0155 e. The SMILES string of the molecule is CC1=CCCc2c1p(C1=CC=CCC1)c1ccc(-c3c4ccccc4c(-c4ccc5c(c4)C4=C(C=CCC4)C5(C)C)c4cc(-c5ccccc5)ccc34)cc21. The molecule has 266 valence electrons. The summed E-state index contributed by atoms with van der Waals surface area (Å²) in [6.07, 6.45) is 21.1. The number of hydrogen-bond acceptors (Lipinski definition) is 0. The average Bonchev–Trinajstić information content (AvgIpc) is 3.69. The van der Waals surface area contributed by atoms with Crippen molar-refractivity contribution in [1.29, 1.82) is 0 Å². The van der Waals surface area contributed by atoms with Gasteiger partial charge in [-0.3, -0.25) is 0 Å². The van der Waals surface area contributed by atoms with Crippen LogP contribution in [0.15, 0.2) is 151 Å². The summed E-state index contributed by atoms with van der Waals surface area (Å²) in [5, 5.41) is 11.6. The van der Waals surface area contributed by atoms with Crippen LogP contribution in [0.2, 0.25) is 0 Å². The molecule has 0 spiro atoms. The van der Waals surface area contributed by atoms with Crippen LogP contribution >= 0.6 is 7.53 Å². The molecule has 7 aromatic rings. The number of rotatable bonds is 4. The van der Waals surface area contributed by atoms with E-state index >= 15 is 0 Å². The van der Waals surface area contributed by atoms with E-state index in [9.17, 15) is 0 Å². The summed E-state index contributed by atoms with van der Waals surface area (Å²) in [7, 11) is -0.494. The van der Waals surface area contributed by atoms with Crippen LogP contribution in [-0.4, -0.2) is 0 Å². The van der Waals surface area contributed by atoms with E-state index in [0.29, 0.717) is 0 Å². The molecule has 0 nitrogen and oxygen atoms in total. The molecule has 1 atom stereocenters. The van der Waals surface area contributed by atoms with Crippen LogP contribution in [0.25, 0.3) is 81.9 Å². The van der Waals surface area contributed by atoms with Gasteiger partial charge in [-0.1, -0.05) is 143 Å². The Kier molecular flexibility index (Phi) is 7.53. The molecule has 1 aromatic heterocycles. The maximum atomic E-state index is 2.58. The monoisotopic (exact) mass is 724 g/mol. The second-order valence-electron chi connectivity index (χ2n) is 16.6. The highest BCUT2D eigenvalue weighted by molar-refractivity contribution is 7.67. The minimum atomic E-state index is -0.494. The summed E-state index contributed by atoms with van der Waals surface area (Å²) in [5.74, 6) is 0. The van der Waals surface area contributed by atoms with Crippen molar-refractivity contribution in [3.05, 3.63) is 173 Å². The fourth-order valence-corrected chi connectivity index (χ4v) is 13.6. The van der Waals surface area contributed by atoms with E-state index in [4.69, 9.17) is 0 Å². The first-order valence-electron chi connectivity index (χ1n) is 20.3. The molecular formula is C54H45P. The molecule has 0 fully saturated rings. The zero-order valence-electron chi connectivity index (χ0n) is 32.0. The maximum Gasteiger partial charge on any atom is 0.0155 e. The Morgan fingerprint density at radius 3 is 2.11 bits per heavy atom. The first-order valence-corrected chi connectivity index (χ1v) is 21.6. The molecule has 4 aliphatic rings. The lowest BCUT2D eigenvalue weighted by Gasteiger charge is -2.24. The summed E-state index contributed by atoms with van der Waals surface area (Å²) in [6.45, 7) is 7.17. The molecular weight excluding hydrogens is 680 g/mol. The Morgan fingerprint density at radius 2 is 1.29 bits per heavy atom. The normalized spacial score (nSPS) is 17.4. The van der Waals surface area contributed by atoms with E-state index in [1.165, 1.54) is 89.0 Å². The van der Waals surface area contributed by atoms with E-state index in [0.717, 1.165) is 32.1 Å². The van der Waals surface area contributed by atoms with Crippen molar-refractivity contribution in [2.45, 2.75) is 64.7 Å². The van der Waals surface area contributed by atoms with Gasteiger partial charge in [-0.25, -0.2) is 0 Å². The summed E-state index contributed by atoms with van der Waals surface area (Å²) in [5.41, 5.74) is 16.9. The van der Waals surface area contributed by atoms with Gasteiger partial charge < -0.3 is 0 Å². The standard InChI is InChI=1S/C54H45P/c1-34-15-14-23-44-46-33-38(27-30-50(46)55(53(34)44)39-18-8-5-9-19-39)51-41-21-10-11-22-42(41)52(47-31-36(25-28-43(47)51)35-16-6-4-7-17-35)37-26-29-49-45(32-37)40-20-12-13-24-48(40)54(49,2)3/h4-8,10-11,13,15-18,21-22,24-33H,9,12,14,19-20,23H2,1-3H3. The van der Waals surface area contributed by atoms with Crippen molar-refractivity contribution >= 4 is 56.0 Å². The highest BCUT2D eigenvalue weighted by Crippen LogP contribution is 2.60. The summed E-state index contributed by atoms with van der Waals surface area (Å²) < 4.78 is 0. The summed E-state index contributed by atoms with van der Waals surface area (Å²) in [4.78, 5) is 0. The molecule has 0 saturated carbocycles. The quantitative estimate of drug-likeness (QED) is 0.159. The van der Waals surface area contributed by atoms with Crippen molar-refractivity contribution in [3.63, 3.8) is 0 Å². The molecule has 0 amide bonds. The first kappa shape index (κ1) is 33.0. The highest BCUT2D eigenvalue weighted by Gasteiger charge is 2.37. The van der Waals surface area contributed by atoms with Gasteiger partial charge in [-0.05, 0) is 169 Å². The molecule has 1 heteroatoms. The fraction of sp³-hybridized carbons (Fsp3) is 0.185. The van der Waals surface area contributed by atoms with E-state index in [1.54, 1.807) is 26.9 Å². The van der Waals surface area contributed by atoms with Crippen LogP contribution < -0.4 is 0 Å². The lowest BCUT2D eigenvalue weighted by Crippen LogP contribution is -2.16. The van der Waals surface area contributed by atoms with Crippen molar-refractivity contribution in [1.82, 2.24) is 0 Å². The molecule has 0 aliphatic heterocycles. The van der Waals surface area contributed by atoms with Crippen LogP contribution in [0, 0.1) is 0 Å². The number of allylic oxidation sites excluding steroid dienone is 10. The summed E-state index contributed by atoms with van der Waals surface area (Å²) in [6, 6.07) is 42.3. The zero-order chi connectivity index (χ0) is 36.8. The van der Waals surface area contributed by atoms with Gasteiger partial charge in [-0.15, -0.1) is 0 Å². The Balaban J connectivity index is 1.20. The van der Waals surface area contributed by atoms with Crippen LogP contribution in [0.3, 0.4) is 0 Å². The molecule has 11 rings (SSSR count). The second-order valence-corrected chi connectivity index (χ2v) is 18.8. The minimum Gasteiger partial charge on any atom is -0.0842 e. The van der Waals surface area contributed by atoms with Crippen molar-refractivity contribution < 1.29 is 0 Å². The highest BCUT2D eigenvalue weighted by atomic mass is 31.1. The van der Waals surface area contributed by atoms with Crippen molar-refractivity contribution in [2.24, 2.45) is 0 Å². The van der Waals surface area contributed by atoms with Crippen molar-refractivity contribution in [2.75, 3.05) is 0 Å². The van der Waals surface area contributed by atoms with Gasteiger partial charge in [0.15, 0.2) is 0 Å². The zero-order valence-corrected chi connectivity index (χ0v) is 32.9. The van der Waals surface area contributed by atoms with Crippen LogP contribution in [-0.2, 0) is 11.8 Å². The predicted octanol–water partition coefficient (Wildman–Crippen LogP) is 16.1.